The lowest BCUT2D eigenvalue weighted by Crippen LogP contribution is -2.37. The first kappa shape index (κ1) is 23.0. The Morgan fingerprint density at radius 1 is 1.06 bits per heavy atom. The predicted molar refractivity (Wildman–Crippen MR) is 134 cm³/mol. The van der Waals surface area contributed by atoms with Gasteiger partial charge in [0.25, 0.3) is 5.91 Å². The first-order chi connectivity index (χ1) is 15.9. The highest BCUT2D eigenvalue weighted by atomic mass is 35.5. The lowest BCUT2D eigenvalue weighted by molar-refractivity contribution is -0.145. The van der Waals surface area contributed by atoms with E-state index < -0.39 is 17.9 Å². The van der Waals surface area contributed by atoms with Crippen molar-refractivity contribution < 1.29 is 19.4 Å². The average molecular weight is 496 g/mol. The van der Waals surface area contributed by atoms with E-state index in [0.717, 1.165) is 27.8 Å². The van der Waals surface area contributed by atoms with Gasteiger partial charge in [0.2, 0.25) is 0 Å². The summed E-state index contributed by atoms with van der Waals surface area (Å²) < 4.78 is 6.00. The van der Waals surface area contributed by atoms with E-state index in [1.165, 1.54) is 0 Å². The molecule has 1 heterocycles. The van der Waals surface area contributed by atoms with Crippen LogP contribution in [0.15, 0.2) is 83.8 Å². The molecule has 4 rings (SSSR count). The van der Waals surface area contributed by atoms with Crippen LogP contribution in [0.3, 0.4) is 0 Å². The van der Waals surface area contributed by atoms with Crippen LogP contribution in [0, 0.1) is 0 Å². The van der Waals surface area contributed by atoms with Crippen molar-refractivity contribution in [2.75, 3.05) is 0 Å². The Balaban J connectivity index is 1.47. The van der Waals surface area contributed by atoms with Gasteiger partial charge in [-0.1, -0.05) is 90.2 Å². The number of carboxylic acid groups (broad SMARTS) is 1. The van der Waals surface area contributed by atoms with E-state index in [1.807, 2.05) is 48.5 Å². The molecule has 0 unspecified atom stereocenters. The molecule has 0 saturated carbocycles. The zero-order valence-corrected chi connectivity index (χ0v) is 19.6. The van der Waals surface area contributed by atoms with Gasteiger partial charge in [-0.3, -0.25) is 9.69 Å². The number of thiocarbonyl (C=S) groups is 1. The maximum absolute atomic E-state index is 13.0. The van der Waals surface area contributed by atoms with Crippen LogP contribution in [-0.4, -0.2) is 26.2 Å². The van der Waals surface area contributed by atoms with Gasteiger partial charge in [0.15, 0.2) is 6.04 Å². The molecular formula is C25H18ClNO4S2. The number of amides is 1. The monoisotopic (exact) mass is 495 g/mol. The van der Waals surface area contributed by atoms with Crippen molar-refractivity contribution in [3.63, 3.8) is 0 Å². The maximum atomic E-state index is 13.0. The Morgan fingerprint density at radius 3 is 2.36 bits per heavy atom. The van der Waals surface area contributed by atoms with Crippen molar-refractivity contribution in [2.45, 2.75) is 12.6 Å². The molecule has 0 aliphatic carbocycles. The number of carboxylic acids is 1. The fraction of sp³-hybridized carbons (Fsp3) is 0.0800. The Hall–Kier alpha value is -3.13. The molecule has 1 atom stereocenters. The molecule has 1 saturated heterocycles. The van der Waals surface area contributed by atoms with Crippen LogP contribution in [0.4, 0.5) is 0 Å². The summed E-state index contributed by atoms with van der Waals surface area (Å²) in [4.78, 5) is 26.5. The highest BCUT2D eigenvalue weighted by molar-refractivity contribution is 8.26. The molecule has 1 fully saturated rings. The van der Waals surface area contributed by atoms with E-state index in [1.54, 1.807) is 36.4 Å². The van der Waals surface area contributed by atoms with E-state index in [9.17, 15) is 14.7 Å². The van der Waals surface area contributed by atoms with Gasteiger partial charge in [-0.15, -0.1) is 0 Å². The SMILES string of the molecule is O=C(O)[C@@H](c1ccccc1)N1C(=O)/C(=C\c2ccc(OCc3ccc(Cl)cc3)cc2)SC1=S. The minimum Gasteiger partial charge on any atom is -0.489 e. The highest BCUT2D eigenvalue weighted by Crippen LogP contribution is 2.38. The molecule has 8 heteroatoms. The molecule has 5 nitrogen and oxygen atoms in total. The van der Waals surface area contributed by atoms with E-state index in [0.29, 0.717) is 27.8 Å². The van der Waals surface area contributed by atoms with Gasteiger partial charge >= 0.3 is 5.97 Å². The molecule has 1 aliphatic rings. The van der Waals surface area contributed by atoms with Crippen LogP contribution in [0.5, 0.6) is 5.75 Å². The summed E-state index contributed by atoms with van der Waals surface area (Å²) in [5.41, 5.74) is 2.27. The number of carbonyl (C=O) groups excluding carboxylic acids is 1. The van der Waals surface area contributed by atoms with Crippen LogP contribution in [0.1, 0.15) is 22.7 Å². The Kier molecular flexibility index (Phi) is 7.13. The number of ether oxygens (including phenoxy) is 1. The largest absolute Gasteiger partial charge is 0.489 e. The third kappa shape index (κ3) is 5.45. The third-order valence-electron chi connectivity index (χ3n) is 4.93. The second-order valence-electron chi connectivity index (χ2n) is 7.19. The molecule has 0 bridgehead atoms. The van der Waals surface area contributed by atoms with E-state index in [2.05, 4.69) is 0 Å². The summed E-state index contributed by atoms with van der Waals surface area (Å²) in [6.45, 7) is 0.408. The van der Waals surface area contributed by atoms with Crippen molar-refractivity contribution in [1.29, 1.82) is 0 Å². The first-order valence-electron chi connectivity index (χ1n) is 9.94. The van der Waals surface area contributed by atoms with Crippen molar-refractivity contribution in [2.24, 2.45) is 0 Å². The number of halogens is 1. The minimum absolute atomic E-state index is 0.213. The number of hydrogen-bond acceptors (Lipinski definition) is 5. The zero-order valence-electron chi connectivity index (χ0n) is 17.2. The Bertz CT molecular complexity index is 1210. The third-order valence-corrected chi connectivity index (χ3v) is 6.51. The molecule has 3 aromatic carbocycles. The minimum atomic E-state index is -1.17. The zero-order chi connectivity index (χ0) is 23.4. The Morgan fingerprint density at radius 2 is 1.73 bits per heavy atom. The molecule has 166 valence electrons. The molecule has 1 amide bonds. The number of nitrogens with zero attached hydrogens (tertiary/aromatic N) is 1. The van der Waals surface area contributed by atoms with Gasteiger partial charge < -0.3 is 9.84 Å². The number of aliphatic carboxylic acids is 1. The lowest BCUT2D eigenvalue weighted by Gasteiger charge is -2.23. The van der Waals surface area contributed by atoms with Gasteiger partial charge in [-0.25, -0.2) is 4.79 Å². The number of thioether (sulfide) groups is 1. The summed E-state index contributed by atoms with van der Waals surface area (Å²) in [5, 5.41) is 10.4. The number of carbonyl (C=O) groups is 2. The first-order valence-corrected chi connectivity index (χ1v) is 11.5. The van der Waals surface area contributed by atoms with E-state index in [-0.39, 0.29) is 4.32 Å². The normalized spacial score (nSPS) is 15.7. The summed E-state index contributed by atoms with van der Waals surface area (Å²) in [5.74, 6) is -0.880. The molecule has 0 radical (unpaired) electrons. The molecule has 3 aromatic rings. The molecule has 1 aliphatic heterocycles. The van der Waals surface area contributed by atoms with Crippen molar-refractivity contribution in [3.8, 4) is 5.75 Å². The molecule has 0 spiro atoms. The summed E-state index contributed by atoms with van der Waals surface area (Å²) in [6, 6.07) is 22.1. The summed E-state index contributed by atoms with van der Waals surface area (Å²) in [7, 11) is 0. The van der Waals surface area contributed by atoms with Crippen molar-refractivity contribution >= 4 is 57.9 Å². The molecular weight excluding hydrogens is 478 g/mol. The molecule has 33 heavy (non-hydrogen) atoms. The van der Waals surface area contributed by atoms with Gasteiger partial charge in [0.05, 0.1) is 4.91 Å². The van der Waals surface area contributed by atoms with Crippen LogP contribution in [0.2, 0.25) is 5.02 Å². The highest BCUT2D eigenvalue weighted by Gasteiger charge is 2.41. The second kappa shape index (κ2) is 10.2. The summed E-state index contributed by atoms with van der Waals surface area (Å²) >= 11 is 12.3. The molecule has 0 aromatic heterocycles. The van der Waals surface area contributed by atoms with Crippen LogP contribution >= 0.6 is 35.6 Å². The maximum Gasteiger partial charge on any atom is 0.331 e. The lowest BCUT2D eigenvalue weighted by atomic mass is 10.1. The summed E-state index contributed by atoms with van der Waals surface area (Å²) in [6.07, 6.45) is 1.70. The number of rotatable bonds is 7. The standard InChI is InChI=1S/C25H18ClNO4S2/c26-19-10-6-17(7-11-19)15-31-20-12-8-16(9-13-20)14-21-23(28)27(25(32)33-21)22(24(29)30)18-4-2-1-3-5-18/h1-14,22H,15H2,(H,29,30)/b21-14+/t22-/m1/s1. The predicted octanol–water partition coefficient (Wildman–Crippen LogP) is 5.95. The van der Waals surface area contributed by atoms with E-state index >= 15 is 0 Å². The van der Waals surface area contributed by atoms with Crippen LogP contribution < -0.4 is 4.74 Å². The quantitative estimate of drug-likeness (QED) is 0.323. The van der Waals surface area contributed by atoms with Gasteiger partial charge in [-0.05, 0) is 47.0 Å². The van der Waals surface area contributed by atoms with Gasteiger partial charge in [-0.2, -0.15) is 0 Å². The Labute approximate surface area is 205 Å². The van der Waals surface area contributed by atoms with Gasteiger partial charge in [0, 0.05) is 5.02 Å². The van der Waals surface area contributed by atoms with Gasteiger partial charge in [0.1, 0.15) is 16.7 Å². The number of benzene rings is 3. The topological polar surface area (TPSA) is 66.8 Å². The number of hydrogen-bond donors (Lipinski definition) is 1. The second-order valence-corrected chi connectivity index (χ2v) is 9.30. The van der Waals surface area contributed by atoms with Crippen molar-refractivity contribution in [1.82, 2.24) is 4.90 Å². The fourth-order valence-electron chi connectivity index (χ4n) is 3.30. The fourth-order valence-corrected chi connectivity index (χ4v) is 4.74. The molecule has 1 N–H and O–H groups in total. The van der Waals surface area contributed by atoms with Crippen molar-refractivity contribution in [3.05, 3.63) is 105 Å². The van der Waals surface area contributed by atoms with E-state index in [4.69, 9.17) is 28.6 Å². The van der Waals surface area contributed by atoms with Crippen LogP contribution in [-0.2, 0) is 16.2 Å². The smallest absolute Gasteiger partial charge is 0.331 e. The van der Waals surface area contributed by atoms with Crippen LogP contribution in [0.25, 0.3) is 6.08 Å². The average Bonchev–Trinajstić information content (AvgIpc) is 3.08.